The number of furan rings is 1. The number of esters is 1. The topological polar surface area (TPSA) is 64.3 Å². The predicted octanol–water partition coefficient (Wildman–Crippen LogP) is 6.50. The van der Waals surface area contributed by atoms with E-state index < -0.39 is 12.2 Å². The fourth-order valence-electron chi connectivity index (χ4n) is 4.31. The van der Waals surface area contributed by atoms with E-state index in [9.17, 15) is 4.79 Å². The molecule has 0 bridgehead atoms. The van der Waals surface area contributed by atoms with E-state index in [0.717, 1.165) is 32.8 Å². The maximum absolute atomic E-state index is 12.4. The van der Waals surface area contributed by atoms with Crippen LogP contribution in [0.2, 0.25) is 0 Å². The molecule has 0 spiro atoms. The maximum atomic E-state index is 12.4. The van der Waals surface area contributed by atoms with E-state index in [0.29, 0.717) is 17.7 Å². The van der Waals surface area contributed by atoms with Crippen molar-refractivity contribution in [1.29, 1.82) is 0 Å². The van der Waals surface area contributed by atoms with Gasteiger partial charge >= 0.3 is 5.97 Å². The Kier molecular flexibility index (Phi) is 5.19. The van der Waals surface area contributed by atoms with Gasteiger partial charge in [0.1, 0.15) is 23.0 Å². The molecule has 2 unspecified atom stereocenters. The van der Waals surface area contributed by atoms with Crippen molar-refractivity contribution in [2.45, 2.75) is 18.7 Å². The Morgan fingerprint density at radius 2 is 1.82 bits per heavy atom. The van der Waals surface area contributed by atoms with Gasteiger partial charge in [0.05, 0.1) is 17.9 Å². The lowest BCUT2D eigenvalue weighted by molar-refractivity contribution is -0.0191. The van der Waals surface area contributed by atoms with Gasteiger partial charge in [0.2, 0.25) is 6.23 Å². The summed E-state index contributed by atoms with van der Waals surface area (Å²) in [5, 5.41) is 6.86. The summed E-state index contributed by atoms with van der Waals surface area (Å²) in [6, 6.07) is 26.1. The third-order valence-corrected chi connectivity index (χ3v) is 6.44. The smallest absolute Gasteiger partial charge is 0.343 e. The van der Waals surface area contributed by atoms with Crippen molar-refractivity contribution in [1.82, 2.24) is 5.01 Å². The largest absolute Gasteiger partial charge is 0.464 e. The second kappa shape index (κ2) is 8.50. The standard InChI is InChI=1S/C27H19BrN2O4/c28-19-10-13-24-21(15-19)23-16-22(25-7-4-14-32-25)29-30(23)26(34-24)17-8-11-20(12-9-17)33-27(31)18-5-2-1-3-6-18/h1-15,23,26H,16H2. The van der Waals surface area contributed by atoms with E-state index in [2.05, 4.69) is 22.0 Å². The van der Waals surface area contributed by atoms with E-state index in [1.807, 2.05) is 47.5 Å². The summed E-state index contributed by atoms with van der Waals surface area (Å²) in [5.41, 5.74) is 3.36. The minimum atomic E-state index is -0.426. The average Bonchev–Trinajstić information content (AvgIpc) is 3.55. The van der Waals surface area contributed by atoms with Gasteiger partial charge in [0.15, 0.2) is 0 Å². The van der Waals surface area contributed by atoms with Crippen LogP contribution in [-0.4, -0.2) is 16.7 Å². The molecule has 0 aliphatic carbocycles. The van der Waals surface area contributed by atoms with Gasteiger partial charge in [-0.2, -0.15) is 5.10 Å². The molecule has 2 atom stereocenters. The van der Waals surface area contributed by atoms with E-state index in [4.69, 9.17) is 19.0 Å². The van der Waals surface area contributed by atoms with Crippen LogP contribution in [-0.2, 0) is 0 Å². The van der Waals surface area contributed by atoms with Gasteiger partial charge in [0, 0.05) is 22.0 Å². The fourth-order valence-corrected chi connectivity index (χ4v) is 4.69. The molecule has 0 amide bonds. The number of rotatable bonds is 4. The van der Waals surface area contributed by atoms with Crippen LogP contribution >= 0.6 is 15.9 Å². The number of carbonyl (C=O) groups excluding carboxylic acids is 1. The zero-order valence-electron chi connectivity index (χ0n) is 17.9. The normalized spacial score (nSPS) is 18.5. The highest BCUT2D eigenvalue weighted by Gasteiger charge is 2.41. The fraction of sp³-hybridized carbons (Fsp3) is 0.111. The number of hydrazone groups is 1. The van der Waals surface area contributed by atoms with Gasteiger partial charge in [-0.25, -0.2) is 9.80 Å². The average molecular weight is 515 g/mol. The Bertz CT molecular complexity index is 1370. The highest BCUT2D eigenvalue weighted by Crippen LogP contribution is 2.48. The van der Waals surface area contributed by atoms with Gasteiger partial charge in [-0.1, -0.05) is 34.1 Å². The number of halogens is 1. The van der Waals surface area contributed by atoms with Crippen molar-refractivity contribution in [2.75, 3.05) is 0 Å². The Morgan fingerprint density at radius 3 is 2.59 bits per heavy atom. The van der Waals surface area contributed by atoms with Crippen molar-refractivity contribution in [3.8, 4) is 11.5 Å². The lowest BCUT2D eigenvalue weighted by Gasteiger charge is -2.38. The molecule has 2 aliphatic rings. The SMILES string of the molecule is O=C(Oc1ccc(C2Oc3ccc(Br)cc3C3CC(c4ccco4)=NN32)cc1)c1ccccc1. The third-order valence-electron chi connectivity index (χ3n) is 5.94. The number of hydrogen-bond donors (Lipinski definition) is 0. The number of carbonyl (C=O) groups is 1. The zero-order valence-corrected chi connectivity index (χ0v) is 19.5. The minimum absolute atomic E-state index is 0.0157. The molecule has 1 aromatic heterocycles. The summed E-state index contributed by atoms with van der Waals surface area (Å²) in [7, 11) is 0. The highest BCUT2D eigenvalue weighted by molar-refractivity contribution is 9.10. The first-order chi connectivity index (χ1) is 16.7. The first kappa shape index (κ1) is 20.7. The lowest BCUT2D eigenvalue weighted by atomic mass is 9.97. The summed E-state index contributed by atoms with van der Waals surface area (Å²) in [6.45, 7) is 0. The molecule has 3 heterocycles. The van der Waals surface area contributed by atoms with Crippen molar-refractivity contribution in [3.05, 3.63) is 118 Å². The molecule has 4 aromatic rings. The molecular weight excluding hydrogens is 496 g/mol. The first-order valence-electron chi connectivity index (χ1n) is 10.9. The van der Waals surface area contributed by atoms with E-state index in [1.54, 1.807) is 42.7 Å². The minimum Gasteiger partial charge on any atom is -0.464 e. The van der Waals surface area contributed by atoms with Crippen molar-refractivity contribution < 1.29 is 18.7 Å². The number of ether oxygens (including phenoxy) is 2. The van der Waals surface area contributed by atoms with Gasteiger partial charge in [-0.3, -0.25) is 0 Å². The van der Waals surface area contributed by atoms with Crippen LogP contribution in [0.1, 0.15) is 45.9 Å². The number of benzene rings is 3. The predicted molar refractivity (Wildman–Crippen MR) is 130 cm³/mol. The van der Waals surface area contributed by atoms with Crippen molar-refractivity contribution in [2.24, 2.45) is 5.10 Å². The summed E-state index contributed by atoms with van der Waals surface area (Å²) >= 11 is 3.57. The second-order valence-electron chi connectivity index (χ2n) is 8.10. The van der Waals surface area contributed by atoms with Crippen LogP contribution in [0.15, 0.2) is 105 Å². The number of hydrogen-bond acceptors (Lipinski definition) is 6. The van der Waals surface area contributed by atoms with Crippen LogP contribution in [0.25, 0.3) is 0 Å². The highest BCUT2D eigenvalue weighted by atomic mass is 79.9. The zero-order chi connectivity index (χ0) is 23.1. The Balaban J connectivity index is 1.30. The molecule has 34 heavy (non-hydrogen) atoms. The van der Waals surface area contributed by atoms with Gasteiger partial charge < -0.3 is 13.9 Å². The Hall–Kier alpha value is -3.84. The van der Waals surface area contributed by atoms with E-state index in [1.165, 1.54) is 0 Å². The molecule has 0 radical (unpaired) electrons. The van der Waals surface area contributed by atoms with Crippen LogP contribution in [0.5, 0.6) is 11.5 Å². The molecular formula is C27H19BrN2O4. The molecule has 7 heteroatoms. The molecule has 0 saturated carbocycles. The molecule has 6 rings (SSSR count). The second-order valence-corrected chi connectivity index (χ2v) is 9.02. The summed E-state index contributed by atoms with van der Waals surface area (Å²) < 4.78 is 18.5. The molecule has 168 valence electrons. The molecule has 0 fully saturated rings. The van der Waals surface area contributed by atoms with Crippen molar-refractivity contribution >= 4 is 27.6 Å². The van der Waals surface area contributed by atoms with Crippen LogP contribution in [0.3, 0.4) is 0 Å². The van der Waals surface area contributed by atoms with E-state index >= 15 is 0 Å². The maximum Gasteiger partial charge on any atom is 0.343 e. The first-order valence-corrected chi connectivity index (χ1v) is 11.7. The summed E-state index contributed by atoms with van der Waals surface area (Å²) in [5.74, 6) is 1.65. The van der Waals surface area contributed by atoms with Crippen molar-refractivity contribution in [3.63, 3.8) is 0 Å². The quantitative estimate of drug-likeness (QED) is 0.229. The summed E-state index contributed by atoms with van der Waals surface area (Å²) in [4.78, 5) is 12.4. The van der Waals surface area contributed by atoms with Crippen LogP contribution in [0.4, 0.5) is 0 Å². The van der Waals surface area contributed by atoms with E-state index in [-0.39, 0.29) is 6.04 Å². The molecule has 0 saturated heterocycles. The lowest BCUT2D eigenvalue weighted by Crippen LogP contribution is -2.33. The molecule has 2 aliphatic heterocycles. The molecule has 3 aromatic carbocycles. The summed E-state index contributed by atoms with van der Waals surface area (Å²) in [6.07, 6.45) is 1.94. The number of nitrogens with zero attached hydrogens (tertiary/aromatic N) is 2. The number of fused-ring (bicyclic) bond motifs is 3. The van der Waals surface area contributed by atoms with Crippen LogP contribution in [0, 0.1) is 0 Å². The monoisotopic (exact) mass is 514 g/mol. The van der Waals surface area contributed by atoms with Crippen LogP contribution < -0.4 is 9.47 Å². The van der Waals surface area contributed by atoms with Gasteiger partial charge in [-0.05, 0) is 66.7 Å². The van der Waals surface area contributed by atoms with Gasteiger partial charge in [-0.15, -0.1) is 0 Å². The Morgan fingerprint density at radius 1 is 1.00 bits per heavy atom. The van der Waals surface area contributed by atoms with Gasteiger partial charge in [0.25, 0.3) is 0 Å². The third kappa shape index (κ3) is 3.78. The molecule has 6 nitrogen and oxygen atoms in total. The Labute approximate surface area is 204 Å². The molecule has 0 N–H and O–H groups in total.